The first kappa shape index (κ1) is 38.2. The Hall–Kier alpha value is -9.64. The number of nitrogens with zero attached hydrogens (tertiary/aromatic N) is 4. The van der Waals surface area contributed by atoms with Gasteiger partial charge in [-0.1, -0.05) is 170 Å². The standard InChI is InChI=1S/C68H40N4/c1-9-31-59-45(19-1)46-20-2-10-32-60(46)71(59)63-35-15-27-53-49-23-5-7-29-57(49)69(67(53)63)43-37-41-17-13-26-52-56-40-44(38-42-18-14-25-51(66(42)56)55(39-43)65(41)52)70-58-30-8-6-24-50(58)54-28-16-36-64(68(54)70)72-61-33-11-3-21-47(61)48-22-4-12-34-62(48)72/h1-40H. The molecule has 0 unspecified atom stereocenters. The highest BCUT2D eigenvalue weighted by Gasteiger charge is 2.24. The van der Waals surface area contributed by atoms with E-state index in [1.54, 1.807) is 0 Å². The number of aromatic nitrogens is 4. The van der Waals surface area contributed by atoms with Crippen LogP contribution < -0.4 is 0 Å². The van der Waals surface area contributed by atoms with Crippen LogP contribution in [-0.4, -0.2) is 18.3 Å². The van der Waals surface area contributed by atoms with Crippen LogP contribution in [0.25, 0.3) is 153 Å². The van der Waals surface area contributed by atoms with Gasteiger partial charge in [-0.15, -0.1) is 0 Å². The Labute approximate surface area is 411 Å². The molecule has 0 aliphatic rings. The Morgan fingerprint density at radius 3 is 0.833 bits per heavy atom. The van der Waals surface area contributed by atoms with Crippen LogP contribution in [0.4, 0.5) is 0 Å². The van der Waals surface area contributed by atoms with Gasteiger partial charge in [-0.25, -0.2) is 0 Å². The van der Waals surface area contributed by atoms with Gasteiger partial charge < -0.3 is 18.3 Å². The van der Waals surface area contributed by atoms with E-state index in [1.807, 2.05) is 0 Å². The van der Waals surface area contributed by atoms with Crippen molar-refractivity contribution >= 4 is 130 Å². The third kappa shape index (κ3) is 4.90. The highest BCUT2D eigenvalue weighted by Crippen LogP contribution is 2.47. The molecular formula is C68H40N4. The lowest BCUT2D eigenvalue weighted by Crippen LogP contribution is -2.02. The van der Waals surface area contributed by atoms with Gasteiger partial charge in [-0.05, 0) is 116 Å². The molecule has 0 atom stereocenters. The van der Waals surface area contributed by atoms with E-state index < -0.39 is 0 Å². The van der Waals surface area contributed by atoms with Crippen LogP contribution in [0.1, 0.15) is 0 Å². The van der Waals surface area contributed by atoms with Gasteiger partial charge in [0.25, 0.3) is 0 Å². The zero-order valence-corrected chi connectivity index (χ0v) is 38.9. The fourth-order valence-corrected chi connectivity index (χ4v) is 13.2. The van der Waals surface area contributed by atoms with Crippen LogP contribution >= 0.6 is 0 Å². The predicted octanol–water partition coefficient (Wildman–Crippen LogP) is 18.1. The minimum atomic E-state index is 1.15. The van der Waals surface area contributed by atoms with Gasteiger partial charge in [0.15, 0.2) is 0 Å². The van der Waals surface area contributed by atoms with Crippen molar-refractivity contribution in [3.63, 3.8) is 0 Å². The zero-order chi connectivity index (χ0) is 46.8. The molecule has 0 saturated carbocycles. The SMILES string of the molecule is c1cc2cc(-n3c4ccccc4c4cccc(-n5c6ccccc6c6ccccc65)c43)cc3c4cccc5cc(-n6c7ccccc7c7cccc(-n8c9ccccc9c9ccccc98)c76)cc(c(c1)c23)c54. The summed E-state index contributed by atoms with van der Waals surface area (Å²) >= 11 is 0. The maximum atomic E-state index is 2.53. The molecule has 0 radical (unpaired) electrons. The van der Waals surface area contributed by atoms with Gasteiger partial charge in [0.05, 0.1) is 55.5 Å². The minimum absolute atomic E-state index is 1.15. The number of rotatable bonds is 4. The van der Waals surface area contributed by atoms with E-state index in [0.29, 0.717) is 0 Å². The van der Waals surface area contributed by atoms with E-state index in [0.717, 1.165) is 22.7 Å². The molecule has 17 rings (SSSR count). The molecule has 17 aromatic rings. The van der Waals surface area contributed by atoms with E-state index in [2.05, 4.69) is 261 Å². The third-order valence-corrected chi connectivity index (χ3v) is 16.0. The molecule has 0 N–H and O–H groups in total. The Morgan fingerprint density at radius 2 is 0.472 bits per heavy atom. The highest BCUT2D eigenvalue weighted by molar-refractivity contribution is 6.34. The summed E-state index contributed by atoms with van der Waals surface area (Å²) in [5, 5.41) is 20.0. The second kappa shape index (κ2) is 14.0. The summed E-state index contributed by atoms with van der Waals surface area (Å²) < 4.78 is 10.0. The summed E-state index contributed by atoms with van der Waals surface area (Å²) in [6.45, 7) is 0. The number of fused-ring (bicyclic) bond motifs is 14. The maximum absolute atomic E-state index is 2.53. The topological polar surface area (TPSA) is 19.7 Å². The average Bonchev–Trinajstić information content (AvgIpc) is 4.17. The molecule has 0 bridgehead atoms. The number of benzene rings is 13. The zero-order valence-electron chi connectivity index (χ0n) is 38.9. The van der Waals surface area contributed by atoms with E-state index >= 15 is 0 Å². The Bertz CT molecular complexity index is 4740. The number of para-hydroxylation sites is 8. The molecule has 332 valence electrons. The van der Waals surface area contributed by atoms with Gasteiger partial charge in [-0.2, -0.15) is 0 Å². The van der Waals surface area contributed by atoms with Crippen molar-refractivity contribution in [1.82, 2.24) is 18.3 Å². The van der Waals surface area contributed by atoms with Crippen molar-refractivity contribution in [3.8, 4) is 22.7 Å². The van der Waals surface area contributed by atoms with Gasteiger partial charge in [0.2, 0.25) is 0 Å². The summed E-state index contributed by atoms with van der Waals surface area (Å²) in [6.07, 6.45) is 0. The van der Waals surface area contributed by atoms with Crippen molar-refractivity contribution in [2.45, 2.75) is 0 Å². The molecule has 0 amide bonds. The quantitative estimate of drug-likeness (QED) is 0.124. The van der Waals surface area contributed by atoms with Crippen LogP contribution in [0.2, 0.25) is 0 Å². The van der Waals surface area contributed by atoms with Gasteiger partial charge in [-0.3, -0.25) is 0 Å². The number of hydrogen-bond donors (Lipinski definition) is 0. The Kier molecular flexibility index (Phi) is 7.44. The highest BCUT2D eigenvalue weighted by atomic mass is 15.1. The van der Waals surface area contributed by atoms with Crippen LogP contribution in [0.3, 0.4) is 0 Å². The predicted molar refractivity (Wildman–Crippen MR) is 305 cm³/mol. The van der Waals surface area contributed by atoms with Gasteiger partial charge >= 0.3 is 0 Å². The summed E-state index contributed by atoms with van der Waals surface area (Å²) in [5.41, 5.74) is 14.2. The third-order valence-electron chi connectivity index (χ3n) is 16.0. The molecule has 4 nitrogen and oxygen atoms in total. The molecule has 13 aromatic carbocycles. The average molecular weight is 913 g/mol. The van der Waals surface area contributed by atoms with Crippen molar-refractivity contribution in [2.75, 3.05) is 0 Å². The molecular weight excluding hydrogens is 873 g/mol. The maximum Gasteiger partial charge on any atom is 0.0782 e. The summed E-state index contributed by atoms with van der Waals surface area (Å²) in [7, 11) is 0. The molecule has 4 heteroatoms. The lowest BCUT2D eigenvalue weighted by atomic mass is 9.89. The van der Waals surface area contributed by atoms with Crippen LogP contribution in [0.5, 0.6) is 0 Å². The van der Waals surface area contributed by atoms with Crippen molar-refractivity contribution in [2.24, 2.45) is 0 Å². The van der Waals surface area contributed by atoms with Crippen molar-refractivity contribution in [3.05, 3.63) is 243 Å². The fourth-order valence-electron chi connectivity index (χ4n) is 13.2. The van der Waals surface area contributed by atoms with Crippen molar-refractivity contribution in [1.29, 1.82) is 0 Å². The van der Waals surface area contributed by atoms with E-state index in [4.69, 9.17) is 0 Å². The summed E-state index contributed by atoms with van der Waals surface area (Å²) in [5.74, 6) is 0. The second-order valence-corrected chi connectivity index (χ2v) is 19.6. The van der Waals surface area contributed by atoms with Crippen LogP contribution in [0, 0.1) is 0 Å². The lowest BCUT2D eigenvalue weighted by Gasteiger charge is -2.20. The van der Waals surface area contributed by atoms with E-state index in [-0.39, 0.29) is 0 Å². The molecule has 0 spiro atoms. The minimum Gasteiger partial charge on any atom is -0.307 e. The smallest absolute Gasteiger partial charge is 0.0782 e. The molecule has 0 aliphatic heterocycles. The first-order valence-corrected chi connectivity index (χ1v) is 24.9. The molecule has 4 aromatic heterocycles. The molecule has 0 aliphatic carbocycles. The largest absolute Gasteiger partial charge is 0.307 e. The Balaban J connectivity index is 0.952. The van der Waals surface area contributed by atoms with Crippen LogP contribution in [0.15, 0.2) is 243 Å². The summed E-state index contributed by atoms with van der Waals surface area (Å²) in [6, 6.07) is 90.4. The van der Waals surface area contributed by atoms with Crippen molar-refractivity contribution < 1.29 is 0 Å². The Morgan fingerprint density at radius 1 is 0.194 bits per heavy atom. The van der Waals surface area contributed by atoms with E-state index in [9.17, 15) is 0 Å². The molecule has 0 fully saturated rings. The molecule has 4 heterocycles. The monoisotopic (exact) mass is 912 g/mol. The number of hydrogen-bond acceptors (Lipinski definition) is 0. The van der Waals surface area contributed by atoms with Crippen LogP contribution in [-0.2, 0) is 0 Å². The molecule has 72 heavy (non-hydrogen) atoms. The second-order valence-electron chi connectivity index (χ2n) is 19.6. The van der Waals surface area contributed by atoms with Gasteiger partial charge in [0, 0.05) is 54.5 Å². The first-order chi connectivity index (χ1) is 35.8. The molecule has 0 saturated heterocycles. The van der Waals surface area contributed by atoms with Gasteiger partial charge in [0.1, 0.15) is 0 Å². The van der Waals surface area contributed by atoms with E-state index in [1.165, 1.54) is 130 Å². The lowest BCUT2D eigenvalue weighted by molar-refractivity contribution is 1.13. The fraction of sp³-hybridized carbons (Fsp3) is 0. The normalized spacial score (nSPS) is 12.4. The summed E-state index contributed by atoms with van der Waals surface area (Å²) in [4.78, 5) is 0. The first-order valence-electron chi connectivity index (χ1n) is 24.9.